The molecule has 5 nitrogen and oxygen atoms in total. The third-order valence-corrected chi connectivity index (χ3v) is 7.52. The van der Waals surface area contributed by atoms with Crippen LogP contribution in [-0.2, 0) is 9.59 Å². The fraction of sp³-hybridized carbons (Fsp3) is 0.417. The lowest BCUT2D eigenvalue weighted by Gasteiger charge is -2.39. The van der Waals surface area contributed by atoms with Gasteiger partial charge in [-0.3, -0.25) is 14.5 Å². The van der Waals surface area contributed by atoms with E-state index in [1.165, 1.54) is 23.9 Å². The minimum absolute atomic E-state index is 0.0758. The molecule has 2 aliphatic rings. The second-order valence-electron chi connectivity index (χ2n) is 8.22. The summed E-state index contributed by atoms with van der Waals surface area (Å²) in [6, 6.07) is 16.1. The van der Waals surface area contributed by atoms with Crippen molar-refractivity contribution in [2.24, 2.45) is 5.73 Å². The Labute approximate surface area is 186 Å². The Hall–Kier alpha value is -2.38. The summed E-state index contributed by atoms with van der Waals surface area (Å²) >= 11 is 1.45. The molecule has 2 fully saturated rings. The largest absolute Gasteiger partial charge is 0.368 e. The van der Waals surface area contributed by atoms with Crippen LogP contribution in [0.25, 0.3) is 0 Å². The van der Waals surface area contributed by atoms with Crippen LogP contribution in [0, 0.1) is 5.82 Å². The summed E-state index contributed by atoms with van der Waals surface area (Å²) in [6.07, 6.45) is 3.52. The number of nitrogens with two attached hydrogens (primary N) is 1. The van der Waals surface area contributed by atoms with E-state index in [4.69, 9.17) is 5.73 Å². The first-order valence-corrected chi connectivity index (χ1v) is 11.7. The molecule has 0 aliphatic carbocycles. The monoisotopic (exact) mass is 441 g/mol. The quantitative estimate of drug-likeness (QED) is 0.696. The van der Waals surface area contributed by atoms with Crippen molar-refractivity contribution in [3.05, 3.63) is 66.0 Å². The number of halogens is 1. The van der Waals surface area contributed by atoms with Crippen LogP contribution in [0.2, 0.25) is 0 Å². The lowest BCUT2D eigenvalue weighted by atomic mass is 10.0. The van der Waals surface area contributed by atoms with E-state index < -0.39 is 0 Å². The molecule has 7 heteroatoms. The molecule has 2 atom stereocenters. The number of thioether (sulfide) groups is 1. The van der Waals surface area contributed by atoms with Gasteiger partial charge in [0.15, 0.2) is 0 Å². The first-order valence-electron chi connectivity index (χ1n) is 10.8. The van der Waals surface area contributed by atoms with Gasteiger partial charge < -0.3 is 10.6 Å². The van der Waals surface area contributed by atoms with Crippen molar-refractivity contribution in [1.82, 2.24) is 9.80 Å². The SMILES string of the molecule is NC(=O)C1CCCN1C1CCN(C(=O)C(Sc2ccc(F)cc2)c2ccccc2)CC1. The van der Waals surface area contributed by atoms with Crippen molar-refractivity contribution in [2.75, 3.05) is 19.6 Å². The minimum atomic E-state index is -0.381. The molecule has 2 heterocycles. The molecular weight excluding hydrogens is 413 g/mol. The zero-order valence-corrected chi connectivity index (χ0v) is 18.3. The molecule has 2 aliphatic heterocycles. The number of amides is 2. The van der Waals surface area contributed by atoms with Crippen molar-refractivity contribution in [3.63, 3.8) is 0 Å². The molecular formula is C24H28FN3O2S. The van der Waals surface area contributed by atoms with E-state index in [-0.39, 0.29) is 28.9 Å². The Morgan fingerprint density at radius 3 is 2.29 bits per heavy atom. The van der Waals surface area contributed by atoms with Gasteiger partial charge in [0, 0.05) is 24.0 Å². The summed E-state index contributed by atoms with van der Waals surface area (Å²) < 4.78 is 13.3. The van der Waals surface area contributed by atoms with E-state index in [9.17, 15) is 14.0 Å². The highest BCUT2D eigenvalue weighted by Gasteiger charge is 2.37. The van der Waals surface area contributed by atoms with Crippen LogP contribution >= 0.6 is 11.8 Å². The standard InChI is InChI=1S/C24H28FN3O2S/c25-18-8-10-20(11-9-18)31-22(17-5-2-1-3-6-17)24(30)27-15-12-19(13-16-27)28-14-4-7-21(28)23(26)29/h1-3,5-6,8-11,19,21-22H,4,7,12-16H2,(H2,26,29). The molecule has 2 aromatic rings. The molecule has 2 unspecified atom stereocenters. The van der Waals surface area contributed by atoms with Gasteiger partial charge in [-0.1, -0.05) is 30.3 Å². The Bertz CT molecular complexity index is 901. The van der Waals surface area contributed by atoms with Gasteiger partial charge in [0.2, 0.25) is 11.8 Å². The molecule has 0 spiro atoms. The number of nitrogens with zero attached hydrogens (tertiary/aromatic N) is 2. The van der Waals surface area contributed by atoms with Gasteiger partial charge in [0.1, 0.15) is 11.1 Å². The Balaban J connectivity index is 1.45. The summed E-state index contributed by atoms with van der Waals surface area (Å²) in [4.78, 5) is 30.3. The second kappa shape index (κ2) is 9.83. The maximum absolute atomic E-state index is 13.5. The summed E-state index contributed by atoms with van der Waals surface area (Å²) in [6.45, 7) is 2.23. The predicted octanol–water partition coefficient (Wildman–Crippen LogP) is 3.60. The average molecular weight is 442 g/mol. The third-order valence-electron chi connectivity index (χ3n) is 6.26. The van der Waals surface area contributed by atoms with E-state index in [0.29, 0.717) is 19.1 Å². The van der Waals surface area contributed by atoms with E-state index in [0.717, 1.165) is 42.7 Å². The summed E-state index contributed by atoms with van der Waals surface area (Å²) in [5.41, 5.74) is 6.53. The molecule has 0 saturated carbocycles. The summed E-state index contributed by atoms with van der Waals surface area (Å²) in [5.74, 6) is -0.451. The van der Waals surface area contributed by atoms with Gasteiger partial charge in [-0.2, -0.15) is 0 Å². The zero-order valence-electron chi connectivity index (χ0n) is 17.5. The van der Waals surface area contributed by atoms with Crippen LogP contribution in [0.1, 0.15) is 36.5 Å². The third kappa shape index (κ3) is 5.10. The van der Waals surface area contributed by atoms with Gasteiger partial charge in [-0.15, -0.1) is 11.8 Å². The number of rotatable bonds is 6. The molecule has 2 N–H and O–H groups in total. The number of carbonyl (C=O) groups is 2. The van der Waals surface area contributed by atoms with Crippen molar-refractivity contribution in [3.8, 4) is 0 Å². The zero-order chi connectivity index (χ0) is 21.8. The van der Waals surface area contributed by atoms with Crippen LogP contribution in [0.15, 0.2) is 59.5 Å². The number of primary amides is 1. The molecule has 31 heavy (non-hydrogen) atoms. The fourth-order valence-electron chi connectivity index (χ4n) is 4.65. The van der Waals surface area contributed by atoms with Crippen LogP contribution in [0.5, 0.6) is 0 Å². The molecule has 0 bridgehead atoms. The smallest absolute Gasteiger partial charge is 0.240 e. The van der Waals surface area contributed by atoms with E-state index in [2.05, 4.69) is 4.90 Å². The number of piperidine rings is 1. The lowest BCUT2D eigenvalue weighted by Crippen LogP contribution is -2.51. The molecule has 0 aromatic heterocycles. The van der Waals surface area contributed by atoms with Crippen molar-refractivity contribution >= 4 is 23.6 Å². The van der Waals surface area contributed by atoms with E-state index >= 15 is 0 Å². The average Bonchev–Trinajstić information content (AvgIpc) is 3.29. The van der Waals surface area contributed by atoms with Crippen LogP contribution in [0.4, 0.5) is 4.39 Å². The molecule has 2 saturated heterocycles. The highest BCUT2D eigenvalue weighted by Crippen LogP contribution is 2.37. The minimum Gasteiger partial charge on any atom is -0.368 e. The number of hydrogen-bond donors (Lipinski definition) is 1. The Morgan fingerprint density at radius 2 is 1.65 bits per heavy atom. The van der Waals surface area contributed by atoms with Crippen LogP contribution < -0.4 is 5.73 Å². The summed E-state index contributed by atoms with van der Waals surface area (Å²) in [5, 5.41) is -0.381. The van der Waals surface area contributed by atoms with Gasteiger partial charge in [-0.05, 0) is 62.1 Å². The maximum atomic E-state index is 13.5. The molecule has 4 rings (SSSR count). The lowest BCUT2D eigenvalue weighted by molar-refractivity contribution is -0.133. The van der Waals surface area contributed by atoms with Gasteiger partial charge in [0.05, 0.1) is 6.04 Å². The number of likely N-dealkylation sites (tertiary alicyclic amines) is 2. The first kappa shape index (κ1) is 21.8. The number of hydrogen-bond acceptors (Lipinski definition) is 4. The van der Waals surface area contributed by atoms with Gasteiger partial charge in [0.25, 0.3) is 0 Å². The van der Waals surface area contributed by atoms with Gasteiger partial charge >= 0.3 is 0 Å². The van der Waals surface area contributed by atoms with Crippen LogP contribution in [-0.4, -0.2) is 53.3 Å². The Morgan fingerprint density at radius 1 is 0.968 bits per heavy atom. The topological polar surface area (TPSA) is 66.6 Å². The number of carbonyl (C=O) groups excluding carboxylic acids is 2. The highest BCUT2D eigenvalue weighted by molar-refractivity contribution is 8.00. The Kier molecular flexibility index (Phi) is 6.92. The van der Waals surface area contributed by atoms with Crippen molar-refractivity contribution in [1.29, 1.82) is 0 Å². The highest BCUT2D eigenvalue weighted by atomic mass is 32.2. The number of benzene rings is 2. The summed E-state index contributed by atoms with van der Waals surface area (Å²) in [7, 11) is 0. The molecule has 164 valence electrons. The van der Waals surface area contributed by atoms with Crippen molar-refractivity contribution < 1.29 is 14.0 Å². The van der Waals surface area contributed by atoms with E-state index in [1.807, 2.05) is 35.2 Å². The van der Waals surface area contributed by atoms with E-state index in [1.54, 1.807) is 12.1 Å². The van der Waals surface area contributed by atoms with Crippen molar-refractivity contribution in [2.45, 2.75) is 47.9 Å². The van der Waals surface area contributed by atoms with Gasteiger partial charge in [-0.25, -0.2) is 4.39 Å². The second-order valence-corrected chi connectivity index (χ2v) is 9.40. The molecule has 2 amide bonds. The maximum Gasteiger partial charge on any atom is 0.240 e. The van der Waals surface area contributed by atoms with Crippen LogP contribution in [0.3, 0.4) is 0 Å². The normalized spacial score (nSPS) is 21.2. The predicted molar refractivity (Wildman–Crippen MR) is 120 cm³/mol. The fourth-order valence-corrected chi connectivity index (χ4v) is 5.76. The molecule has 2 aromatic carbocycles. The molecule has 0 radical (unpaired) electrons. The first-order chi connectivity index (χ1) is 15.0.